The Balaban J connectivity index is 1.27. The number of piperazine rings is 1. The maximum atomic E-state index is 16.7. The highest BCUT2D eigenvalue weighted by atomic mass is 19.1. The van der Waals surface area contributed by atoms with Crippen LogP contribution in [0.2, 0.25) is 0 Å². The second-order valence-electron chi connectivity index (χ2n) is 12.1. The van der Waals surface area contributed by atoms with Crippen LogP contribution in [0.3, 0.4) is 0 Å². The van der Waals surface area contributed by atoms with Gasteiger partial charge in [-0.15, -0.1) is 0 Å². The Bertz CT molecular complexity index is 1720. The van der Waals surface area contributed by atoms with Gasteiger partial charge in [-0.2, -0.15) is 15.0 Å². The van der Waals surface area contributed by atoms with E-state index in [0.29, 0.717) is 60.7 Å². The molecule has 0 radical (unpaired) electrons. The first-order chi connectivity index (χ1) is 20.3. The van der Waals surface area contributed by atoms with Gasteiger partial charge in [0.25, 0.3) is 6.01 Å². The van der Waals surface area contributed by atoms with E-state index in [1.807, 2.05) is 0 Å². The van der Waals surface area contributed by atoms with Gasteiger partial charge in [0.15, 0.2) is 23.0 Å². The Morgan fingerprint density at radius 3 is 2.69 bits per heavy atom. The number of halogens is 3. The molecule has 4 atom stereocenters. The number of nitrogens with two attached hydrogens (primary N) is 1. The normalized spacial score (nSPS) is 27.4. The highest BCUT2D eigenvalue weighted by Crippen LogP contribution is 2.42. The molecule has 7 heterocycles. The predicted octanol–water partition coefficient (Wildman–Crippen LogP) is 3.90. The number of aromatic nitrogens is 4. The van der Waals surface area contributed by atoms with E-state index in [9.17, 15) is 8.78 Å². The second-order valence-corrected chi connectivity index (χ2v) is 12.1. The second kappa shape index (κ2) is 9.40. The molecule has 0 spiro atoms. The number of benzene rings is 1. The smallest absolute Gasteiger partial charge is 0.319 e. The zero-order chi connectivity index (χ0) is 28.7. The summed E-state index contributed by atoms with van der Waals surface area (Å²) in [5.41, 5.74) is 6.35. The first kappa shape index (κ1) is 26.0. The molecule has 2 unspecified atom stereocenters. The molecule has 4 fully saturated rings. The van der Waals surface area contributed by atoms with Gasteiger partial charge in [0.05, 0.1) is 5.54 Å². The molecular weight excluding hydrogens is 549 g/mol. The minimum atomic E-state index is -0.899. The Hall–Kier alpha value is -3.71. The lowest BCUT2D eigenvalue weighted by atomic mass is 9.95. The number of rotatable bonds is 5. The van der Waals surface area contributed by atoms with E-state index in [-0.39, 0.29) is 40.8 Å². The summed E-state index contributed by atoms with van der Waals surface area (Å²) in [4.78, 5) is 22.5. The van der Waals surface area contributed by atoms with E-state index >= 15 is 4.39 Å². The van der Waals surface area contributed by atoms with Crippen molar-refractivity contribution in [2.24, 2.45) is 0 Å². The lowest BCUT2D eigenvalue weighted by Crippen LogP contribution is -2.51. The summed E-state index contributed by atoms with van der Waals surface area (Å²) < 4.78 is 57.0. The standard InChI is InChI=1S/C29H31F3N8O2/c1-14-20(18-5-6-19(31)25-22(18)36-27(33)42-25)21(32)23-24(34-14)26(39-11-16-3-4-17(12-39)35-16)38-28(37-23)41-13-29-7-2-8-40(29)10-15(30)9-29/h5-6,15-17,35H,2-4,7-13H2,1H3,(H2,33,36)/t15-,16?,17?,29+/m1/s1. The van der Waals surface area contributed by atoms with Crippen LogP contribution >= 0.6 is 0 Å². The molecule has 220 valence electrons. The molecule has 0 aliphatic carbocycles. The molecule has 1 aromatic carbocycles. The molecule has 3 N–H and O–H groups in total. The zero-order valence-electron chi connectivity index (χ0n) is 23.2. The Morgan fingerprint density at radius 1 is 1.07 bits per heavy atom. The average Bonchev–Trinajstić information content (AvgIpc) is 3.70. The minimum Gasteiger partial charge on any atom is -0.461 e. The predicted molar refractivity (Wildman–Crippen MR) is 150 cm³/mol. The number of nitrogens with one attached hydrogen (secondary N) is 1. The van der Waals surface area contributed by atoms with Crippen molar-refractivity contribution >= 4 is 34.0 Å². The summed E-state index contributed by atoms with van der Waals surface area (Å²) in [6, 6.07) is 3.04. The van der Waals surface area contributed by atoms with Gasteiger partial charge < -0.3 is 25.1 Å². The minimum absolute atomic E-state index is 0.00834. The van der Waals surface area contributed by atoms with Crippen molar-refractivity contribution in [3.63, 3.8) is 0 Å². The van der Waals surface area contributed by atoms with E-state index in [1.54, 1.807) is 6.92 Å². The maximum absolute atomic E-state index is 16.7. The first-order valence-corrected chi connectivity index (χ1v) is 14.5. The van der Waals surface area contributed by atoms with E-state index in [2.05, 4.69) is 25.1 Å². The fourth-order valence-corrected chi connectivity index (χ4v) is 7.59. The number of pyridine rings is 1. The van der Waals surface area contributed by atoms with Crippen LogP contribution in [-0.2, 0) is 0 Å². The number of fused-ring (bicyclic) bond motifs is 5. The van der Waals surface area contributed by atoms with E-state index in [1.165, 1.54) is 12.1 Å². The van der Waals surface area contributed by atoms with E-state index < -0.39 is 23.3 Å². The van der Waals surface area contributed by atoms with Gasteiger partial charge in [0.1, 0.15) is 29.3 Å². The molecule has 4 aliphatic heterocycles. The molecule has 2 bridgehead atoms. The van der Waals surface area contributed by atoms with Crippen LogP contribution < -0.4 is 20.7 Å². The quantitative estimate of drug-likeness (QED) is 0.360. The molecule has 42 heavy (non-hydrogen) atoms. The van der Waals surface area contributed by atoms with Crippen molar-refractivity contribution in [2.75, 3.05) is 43.4 Å². The number of nitrogen functional groups attached to an aromatic ring is 1. The van der Waals surface area contributed by atoms with Gasteiger partial charge in [0.2, 0.25) is 0 Å². The molecule has 0 amide bonds. The third-order valence-electron chi connectivity index (χ3n) is 9.44. The van der Waals surface area contributed by atoms with Gasteiger partial charge in [-0.05, 0) is 51.3 Å². The number of aryl methyl sites for hydroxylation is 1. The Labute approximate surface area is 239 Å². The number of hydrogen-bond acceptors (Lipinski definition) is 10. The summed E-state index contributed by atoms with van der Waals surface area (Å²) >= 11 is 0. The third-order valence-corrected chi connectivity index (χ3v) is 9.44. The van der Waals surface area contributed by atoms with Crippen molar-refractivity contribution in [3.8, 4) is 17.1 Å². The summed E-state index contributed by atoms with van der Waals surface area (Å²) in [5, 5.41) is 3.61. The van der Waals surface area contributed by atoms with Crippen LogP contribution in [0.25, 0.3) is 33.3 Å². The van der Waals surface area contributed by atoms with E-state index in [4.69, 9.17) is 24.9 Å². The summed E-state index contributed by atoms with van der Waals surface area (Å²) in [5.74, 6) is -0.794. The number of nitrogens with zero attached hydrogens (tertiary/aromatic N) is 6. The summed E-state index contributed by atoms with van der Waals surface area (Å²) in [7, 11) is 0. The molecule has 3 aromatic heterocycles. The number of hydrogen-bond donors (Lipinski definition) is 2. The topological polar surface area (TPSA) is 118 Å². The highest BCUT2D eigenvalue weighted by Gasteiger charge is 2.49. The van der Waals surface area contributed by atoms with Crippen LogP contribution in [0.5, 0.6) is 6.01 Å². The third kappa shape index (κ3) is 4.00. The van der Waals surface area contributed by atoms with Gasteiger partial charge in [-0.25, -0.2) is 18.2 Å². The maximum Gasteiger partial charge on any atom is 0.319 e. The molecule has 0 saturated carbocycles. The lowest BCUT2D eigenvalue weighted by Gasteiger charge is -2.34. The van der Waals surface area contributed by atoms with Crippen LogP contribution in [0, 0.1) is 18.6 Å². The Morgan fingerprint density at radius 2 is 1.88 bits per heavy atom. The molecule has 8 rings (SSSR count). The summed E-state index contributed by atoms with van der Waals surface area (Å²) in [6.45, 7) is 4.53. The van der Waals surface area contributed by atoms with Crippen molar-refractivity contribution < 1.29 is 22.3 Å². The molecule has 13 heteroatoms. The number of ether oxygens (including phenoxy) is 1. The number of oxazole rings is 1. The van der Waals surface area contributed by atoms with Gasteiger partial charge >= 0.3 is 6.01 Å². The molecule has 4 aromatic rings. The summed E-state index contributed by atoms with van der Waals surface area (Å²) in [6.07, 6.45) is 3.42. The molecule has 4 aliphatic rings. The molecule has 4 saturated heterocycles. The van der Waals surface area contributed by atoms with Crippen LogP contribution in [0.1, 0.15) is 37.8 Å². The fourth-order valence-electron chi connectivity index (χ4n) is 7.59. The number of alkyl halides is 1. The van der Waals surface area contributed by atoms with Crippen molar-refractivity contribution in [2.45, 2.75) is 62.8 Å². The first-order valence-electron chi connectivity index (χ1n) is 14.5. The van der Waals surface area contributed by atoms with Crippen molar-refractivity contribution in [1.82, 2.24) is 30.2 Å². The van der Waals surface area contributed by atoms with Crippen LogP contribution in [0.4, 0.5) is 25.0 Å². The van der Waals surface area contributed by atoms with Crippen molar-refractivity contribution in [1.29, 1.82) is 0 Å². The molecular formula is C29H31F3N8O2. The van der Waals surface area contributed by atoms with Gasteiger partial charge in [0, 0.05) is 55.0 Å². The zero-order valence-corrected chi connectivity index (χ0v) is 23.2. The highest BCUT2D eigenvalue weighted by molar-refractivity contribution is 5.97. The monoisotopic (exact) mass is 580 g/mol. The van der Waals surface area contributed by atoms with E-state index in [0.717, 1.165) is 32.2 Å². The Kier molecular flexibility index (Phi) is 5.81. The fraction of sp³-hybridized carbons (Fsp3) is 0.517. The number of anilines is 2. The van der Waals surface area contributed by atoms with Gasteiger partial charge in [-0.3, -0.25) is 4.90 Å². The molecule has 10 nitrogen and oxygen atoms in total. The largest absolute Gasteiger partial charge is 0.461 e. The average molecular weight is 581 g/mol. The van der Waals surface area contributed by atoms with Crippen molar-refractivity contribution in [3.05, 3.63) is 29.5 Å². The SMILES string of the molecule is Cc1nc2c(N3CC4CCC(C3)N4)nc(OC[C@@]34CCCN3C[C@H](F)C4)nc2c(F)c1-c1ccc(F)c2oc(N)nc12. The van der Waals surface area contributed by atoms with Crippen LogP contribution in [0.15, 0.2) is 16.5 Å². The van der Waals surface area contributed by atoms with Crippen LogP contribution in [-0.4, -0.2) is 81.4 Å². The lowest BCUT2D eigenvalue weighted by molar-refractivity contribution is 0.107. The van der Waals surface area contributed by atoms with Gasteiger partial charge in [-0.1, -0.05) is 0 Å².